The third-order valence-electron chi connectivity index (χ3n) is 0.902. The van der Waals surface area contributed by atoms with Crippen LogP contribution >= 0.6 is 24.2 Å². The Hall–Kier alpha value is -0.620. The molecule has 1 heterocycles. The fourth-order valence-corrected chi connectivity index (χ4v) is 1.29. The molecular formula is C4H4N2O2S2. The van der Waals surface area contributed by atoms with E-state index in [1.54, 1.807) is 0 Å². The number of aromatic carboxylic acids is 1. The molecule has 4 nitrogen and oxygen atoms in total. The Morgan fingerprint density at radius 3 is 2.90 bits per heavy atom. The first-order valence-electron chi connectivity index (χ1n) is 2.41. The minimum Gasteiger partial charge on any atom is -0.476 e. The van der Waals surface area contributed by atoms with Gasteiger partial charge in [0.2, 0.25) is 0 Å². The van der Waals surface area contributed by atoms with Gasteiger partial charge in [0.15, 0.2) is 5.69 Å². The minimum atomic E-state index is -1.04. The molecule has 54 valence electrons. The quantitative estimate of drug-likeness (QED) is 0.650. The molecule has 0 aliphatic heterocycles. The highest BCUT2D eigenvalue weighted by atomic mass is 32.1. The maximum Gasteiger partial charge on any atom is 0.357 e. The van der Waals surface area contributed by atoms with Crippen LogP contribution in [0.1, 0.15) is 15.4 Å². The molecule has 0 bridgehead atoms. The lowest BCUT2D eigenvalue weighted by atomic mass is 10.4. The highest BCUT2D eigenvalue weighted by Crippen LogP contribution is 2.12. The number of carboxylic acids is 1. The monoisotopic (exact) mass is 176 g/mol. The second kappa shape index (κ2) is 2.98. The van der Waals surface area contributed by atoms with E-state index in [2.05, 4.69) is 22.2 Å². The van der Waals surface area contributed by atoms with Crippen molar-refractivity contribution >= 4 is 30.1 Å². The van der Waals surface area contributed by atoms with E-state index in [1.807, 2.05) is 0 Å². The molecule has 0 aromatic carbocycles. The van der Waals surface area contributed by atoms with Crippen LogP contribution in [0, 0.1) is 0 Å². The zero-order valence-corrected chi connectivity index (χ0v) is 6.52. The van der Waals surface area contributed by atoms with Crippen LogP contribution in [-0.2, 0) is 5.75 Å². The summed E-state index contributed by atoms with van der Waals surface area (Å²) in [5.41, 5.74) is 0.0139. The highest BCUT2D eigenvalue weighted by molar-refractivity contribution is 7.79. The molecule has 1 rings (SSSR count). The van der Waals surface area contributed by atoms with Gasteiger partial charge in [0.25, 0.3) is 0 Å². The molecule has 0 aliphatic carbocycles. The third kappa shape index (κ3) is 1.27. The molecule has 0 unspecified atom stereocenters. The Morgan fingerprint density at radius 2 is 2.50 bits per heavy atom. The van der Waals surface area contributed by atoms with E-state index in [0.717, 1.165) is 11.5 Å². The number of nitrogens with zero attached hydrogens (tertiary/aromatic N) is 2. The Labute approximate surface area is 66.5 Å². The second-order valence-electron chi connectivity index (χ2n) is 1.51. The van der Waals surface area contributed by atoms with Crippen molar-refractivity contribution in [3.05, 3.63) is 10.6 Å². The summed E-state index contributed by atoms with van der Waals surface area (Å²) < 4.78 is 3.48. The van der Waals surface area contributed by atoms with E-state index in [9.17, 15) is 4.79 Å². The van der Waals surface area contributed by atoms with Gasteiger partial charge in [0.1, 0.15) is 0 Å². The SMILES string of the molecule is O=C(O)c1nnsc1CS. The molecule has 0 saturated carbocycles. The normalized spacial score (nSPS) is 9.70. The van der Waals surface area contributed by atoms with Gasteiger partial charge in [-0.05, 0) is 11.5 Å². The molecule has 1 N–H and O–H groups in total. The molecule has 1 aromatic rings. The van der Waals surface area contributed by atoms with E-state index in [4.69, 9.17) is 5.11 Å². The van der Waals surface area contributed by atoms with E-state index < -0.39 is 5.97 Å². The van der Waals surface area contributed by atoms with Crippen molar-refractivity contribution in [1.29, 1.82) is 0 Å². The van der Waals surface area contributed by atoms with Gasteiger partial charge >= 0.3 is 5.97 Å². The molecule has 1 aromatic heterocycles. The molecular weight excluding hydrogens is 172 g/mol. The lowest BCUT2D eigenvalue weighted by Crippen LogP contribution is -1.99. The first-order chi connectivity index (χ1) is 4.75. The number of carbonyl (C=O) groups is 1. The van der Waals surface area contributed by atoms with Crippen molar-refractivity contribution in [2.24, 2.45) is 0 Å². The van der Waals surface area contributed by atoms with E-state index >= 15 is 0 Å². The largest absolute Gasteiger partial charge is 0.476 e. The molecule has 0 saturated heterocycles. The summed E-state index contributed by atoms with van der Waals surface area (Å²) in [4.78, 5) is 10.9. The van der Waals surface area contributed by atoms with Gasteiger partial charge in [-0.15, -0.1) is 5.10 Å². The van der Waals surface area contributed by atoms with Crippen LogP contribution in [0.25, 0.3) is 0 Å². The van der Waals surface area contributed by atoms with Gasteiger partial charge in [-0.2, -0.15) is 12.6 Å². The van der Waals surface area contributed by atoms with Crippen molar-refractivity contribution < 1.29 is 9.90 Å². The lowest BCUT2D eigenvalue weighted by molar-refractivity contribution is 0.0689. The van der Waals surface area contributed by atoms with E-state index in [0.29, 0.717) is 10.6 Å². The Balaban J connectivity index is 3.01. The number of rotatable bonds is 2. The Morgan fingerprint density at radius 1 is 1.80 bits per heavy atom. The summed E-state index contributed by atoms with van der Waals surface area (Å²) in [6.07, 6.45) is 0. The first-order valence-corrected chi connectivity index (χ1v) is 3.81. The van der Waals surface area contributed by atoms with Crippen LogP contribution in [0.3, 0.4) is 0 Å². The van der Waals surface area contributed by atoms with Crippen LogP contribution in [-0.4, -0.2) is 20.7 Å². The molecule has 0 aliphatic rings. The predicted octanol–water partition coefficient (Wildman–Crippen LogP) is 0.666. The maximum atomic E-state index is 10.3. The van der Waals surface area contributed by atoms with E-state index in [-0.39, 0.29) is 5.69 Å². The Bertz CT molecular complexity index is 247. The molecule has 6 heteroatoms. The van der Waals surface area contributed by atoms with Gasteiger partial charge < -0.3 is 5.11 Å². The zero-order valence-electron chi connectivity index (χ0n) is 4.81. The predicted molar refractivity (Wildman–Crippen MR) is 39.6 cm³/mol. The van der Waals surface area contributed by atoms with Crippen LogP contribution in [0.2, 0.25) is 0 Å². The molecule has 0 radical (unpaired) electrons. The number of aromatic nitrogens is 2. The minimum absolute atomic E-state index is 0.0139. The standard InChI is InChI=1S/C4H4N2O2S2/c7-4(8)3-2(1-9)10-6-5-3/h9H,1H2,(H,7,8). The molecule has 10 heavy (non-hydrogen) atoms. The average Bonchev–Trinajstić information content (AvgIpc) is 2.33. The summed E-state index contributed by atoms with van der Waals surface area (Å²) in [5, 5.41) is 11.9. The van der Waals surface area contributed by atoms with Crippen molar-refractivity contribution in [1.82, 2.24) is 9.59 Å². The van der Waals surface area contributed by atoms with Gasteiger partial charge in [0, 0.05) is 5.75 Å². The fourth-order valence-electron chi connectivity index (χ4n) is 0.475. The molecule has 0 atom stereocenters. The number of hydrogen-bond donors (Lipinski definition) is 2. The highest BCUT2D eigenvalue weighted by Gasteiger charge is 2.12. The third-order valence-corrected chi connectivity index (χ3v) is 2.15. The number of carboxylic acid groups (broad SMARTS) is 1. The molecule has 0 fully saturated rings. The summed E-state index contributed by atoms with van der Waals surface area (Å²) in [6.45, 7) is 0. The topological polar surface area (TPSA) is 63.1 Å². The van der Waals surface area contributed by atoms with E-state index in [1.165, 1.54) is 0 Å². The van der Waals surface area contributed by atoms with Gasteiger partial charge in [0.05, 0.1) is 4.88 Å². The van der Waals surface area contributed by atoms with Gasteiger partial charge in [-0.1, -0.05) is 4.49 Å². The number of hydrogen-bond acceptors (Lipinski definition) is 5. The fraction of sp³-hybridized carbons (Fsp3) is 0.250. The van der Waals surface area contributed by atoms with Crippen molar-refractivity contribution in [2.45, 2.75) is 5.75 Å². The smallest absolute Gasteiger partial charge is 0.357 e. The summed E-state index contributed by atoms with van der Waals surface area (Å²) in [7, 11) is 0. The zero-order chi connectivity index (χ0) is 7.56. The molecule has 0 amide bonds. The first kappa shape index (κ1) is 7.49. The molecule has 0 spiro atoms. The van der Waals surface area contributed by atoms with Gasteiger partial charge in [-0.25, -0.2) is 4.79 Å². The average molecular weight is 176 g/mol. The van der Waals surface area contributed by atoms with Crippen molar-refractivity contribution in [3.63, 3.8) is 0 Å². The lowest BCUT2D eigenvalue weighted by Gasteiger charge is -1.86. The number of thiol groups is 1. The maximum absolute atomic E-state index is 10.3. The van der Waals surface area contributed by atoms with Crippen LogP contribution in [0.15, 0.2) is 0 Å². The summed E-state index contributed by atoms with van der Waals surface area (Å²) >= 11 is 4.97. The van der Waals surface area contributed by atoms with Crippen molar-refractivity contribution in [3.8, 4) is 0 Å². The summed E-state index contributed by atoms with van der Waals surface area (Å²) in [5.74, 6) is -0.669. The summed E-state index contributed by atoms with van der Waals surface area (Å²) in [6, 6.07) is 0. The van der Waals surface area contributed by atoms with Crippen LogP contribution in [0.4, 0.5) is 0 Å². The van der Waals surface area contributed by atoms with Crippen molar-refractivity contribution in [2.75, 3.05) is 0 Å². The van der Waals surface area contributed by atoms with Crippen LogP contribution < -0.4 is 0 Å². The van der Waals surface area contributed by atoms with Crippen LogP contribution in [0.5, 0.6) is 0 Å². The van der Waals surface area contributed by atoms with Gasteiger partial charge in [-0.3, -0.25) is 0 Å². The second-order valence-corrected chi connectivity index (χ2v) is 2.66. The Kier molecular flexibility index (Phi) is 2.23.